The molecule has 0 aliphatic heterocycles. The van der Waals surface area contributed by atoms with Gasteiger partial charge in [0.2, 0.25) is 0 Å². The van der Waals surface area contributed by atoms with Gasteiger partial charge in [0.25, 0.3) is 0 Å². The first-order valence-corrected chi connectivity index (χ1v) is 6.72. The van der Waals surface area contributed by atoms with Crippen LogP contribution in [0.1, 0.15) is 31.9 Å². The molecule has 0 aliphatic rings. The fourth-order valence-corrected chi connectivity index (χ4v) is 1.65. The zero-order chi connectivity index (χ0) is 13.2. The van der Waals surface area contributed by atoms with Crippen LogP contribution in [0.15, 0.2) is 36.4 Å². The molecule has 0 radical (unpaired) electrons. The van der Waals surface area contributed by atoms with Gasteiger partial charge in [-0.05, 0) is 31.0 Å². The summed E-state index contributed by atoms with van der Waals surface area (Å²) in [5, 5.41) is 3.42. The Labute approximate surface area is 111 Å². The molecule has 100 valence electrons. The summed E-state index contributed by atoms with van der Waals surface area (Å²) < 4.78 is 5.51. The van der Waals surface area contributed by atoms with E-state index in [-0.39, 0.29) is 0 Å². The van der Waals surface area contributed by atoms with E-state index >= 15 is 0 Å². The molecule has 0 amide bonds. The van der Waals surface area contributed by atoms with Gasteiger partial charge in [0.05, 0.1) is 13.2 Å². The molecule has 0 fully saturated rings. The highest BCUT2D eigenvalue weighted by Gasteiger charge is 1.96. The maximum absolute atomic E-state index is 5.51. The Hall–Kier alpha value is -1.12. The maximum Gasteiger partial charge on any atom is 0.0721 e. The molecule has 0 atom stereocenters. The predicted octanol–water partition coefficient (Wildman–Crippen LogP) is 3.32. The fraction of sp³-hybridized carbons (Fsp3) is 0.500. The molecule has 1 N–H and O–H groups in total. The fourth-order valence-electron chi connectivity index (χ4n) is 1.65. The van der Waals surface area contributed by atoms with E-state index in [1.165, 1.54) is 11.1 Å². The SMILES string of the molecule is C/C=C/COCc1ccc(CCNC(C)C)cc1. The minimum absolute atomic E-state index is 0.560. The van der Waals surface area contributed by atoms with Crippen molar-refractivity contribution in [3.05, 3.63) is 47.5 Å². The highest BCUT2D eigenvalue weighted by atomic mass is 16.5. The van der Waals surface area contributed by atoms with Crippen LogP contribution in [-0.2, 0) is 17.8 Å². The lowest BCUT2D eigenvalue weighted by molar-refractivity contribution is 0.148. The molecule has 0 heterocycles. The predicted molar refractivity (Wildman–Crippen MR) is 77.8 cm³/mol. The van der Waals surface area contributed by atoms with Gasteiger partial charge in [0.15, 0.2) is 0 Å². The lowest BCUT2D eigenvalue weighted by Crippen LogP contribution is -2.24. The molecule has 1 aromatic rings. The van der Waals surface area contributed by atoms with Crippen LogP contribution in [-0.4, -0.2) is 19.2 Å². The van der Waals surface area contributed by atoms with Crippen molar-refractivity contribution >= 4 is 0 Å². The van der Waals surface area contributed by atoms with Gasteiger partial charge in [-0.2, -0.15) is 0 Å². The summed E-state index contributed by atoms with van der Waals surface area (Å²) in [5.41, 5.74) is 2.61. The second-order valence-corrected chi connectivity index (χ2v) is 4.76. The topological polar surface area (TPSA) is 21.3 Å². The lowest BCUT2D eigenvalue weighted by atomic mass is 10.1. The molecular formula is C16H25NO. The molecule has 0 aromatic heterocycles. The number of hydrogen-bond donors (Lipinski definition) is 1. The maximum atomic E-state index is 5.51. The van der Waals surface area contributed by atoms with E-state index in [0.717, 1.165) is 13.0 Å². The van der Waals surface area contributed by atoms with E-state index < -0.39 is 0 Å². The van der Waals surface area contributed by atoms with Crippen LogP contribution in [0, 0.1) is 0 Å². The van der Waals surface area contributed by atoms with E-state index in [1.54, 1.807) is 0 Å². The third-order valence-corrected chi connectivity index (χ3v) is 2.71. The molecule has 0 saturated heterocycles. The van der Waals surface area contributed by atoms with Crippen LogP contribution in [0.25, 0.3) is 0 Å². The van der Waals surface area contributed by atoms with Crippen LogP contribution in [0.2, 0.25) is 0 Å². The first-order chi connectivity index (χ1) is 8.72. The molecule has 2 heteroatoms. The largest absolute Gasteiger partial charge is 0.373 e. The second kappa shape index (κ2) is 8.90. The minimum Gasteiger partial charge on any atom is -0.373 e. The first kappa shape index (κ1) is 14.9. The molecule has 0 saturated carbocycles. The Morgan fingerprint density at radius 1 is 1.17 bits per heavy atom. The number of rotatable bonds is 8. The Kier molecular flexibility index (Phi) is 7.38. The number of hydrogen-bond acceptors (Lipinski definition) is 2. The molecule has 2 nitrogen and oxygen atoms in total. The Bertz CT molecular complexity index is 341. The number of allylic oxidation sites excluding steroid dienone is 1. The van der Waals surface area contributed by atoms with Crippen molar-refractivity contribution in [2.24, 2.45) is 0 Å². The normalized spacial score (nSPS) is 11.6. The summed E-state index contributed by atoms with van der Waals surface area (Å²) in [6.45, 7) is 8.76. The molecule has 0 spiro atoms. The van der Waals surface area contributed by atoms with Gasteiger partial charge < -0.3 is 10.1 Å². The molecule has 0 bridgehead atoms. The zero-order valence-corrected chi connectivity index (χ0v) is 11.8. The highest BCUT2D eigenvalue weighted by molar-refractivity contribution is 5.22. The van der Waals surface area contributed by atoms with Crippen molar-refractivity contribution in [3.63, 3.8) is 0 Å². The third-order valence-electron chi connectivity index (χ3n) is 2.71. The van der Waals surface area contributed by atoms with Gasteiger partial charge in [0.1, 0.15) is 0 Å². The van der Waals surface area contributed by atoms with Crippen LogP contribution in [0.4, 0.5) is 0 Å². The van der Waals surface area contributed by atoms with Gasteiger partial charge in [-0.15, -0.1) is 0 Å². The van der Waals surface area contributed by atoms with Crippen molar-refractivity contribution in [2.45, 2.75) is 39.8 Å². The third kappa shape index (κ3) is 6.58. The van der Waals surface area contributed by atoms with Crippen LogP contribution in [0.3, 0.4) is 0 Å². The van der Waals surface area contributed by atoms with Gasteiger partial charge in [-0.25, -0.2) is 0 Å². The van der Waals surface area contributed by atoms with Crippen molar-refractivity contribution in [1.29, 1.82) is 0 Å². The summed E-state index contributed by atoms with van der Waals surface area (Å²) >= 11 is 0. The number of nitrogens with one attached hydrogen (secondary N) is 1. The zero-order valence-electron chi connectivity index (χ0n) is 11.8. The lowest BCUT2D eigenvalue weighted by Gasteiger charge is -2.08. The Morgan fingerprint density at radius 3 is 2.44 bits per heavy atom. The average Bonchev–Trinajstić information content (AvgIpc) is 2.36. The van der Waals surface area contributed by atoms with E-state index in [0.29, 0.717) is 19.3 Å². The Balaban J connectivity index is 2.28. The average molecular weight is 247 g/mol. The van der Waals surface area contributed by atoms with Crippen LogP contribution < -0.4 is 5.32 Å². The Morgan fingerprint density at radius 2 is 1.83 bits per heavy atom. The molecule has 1 rings (SSSR count). The van der Waals surface area contributed by atoms with Crippen molar-refractivity contribution < 1.29 is 4.74 Å². The summed E-state index contributed by atoms with van der Waals surface area (Å²) in [6, 6.07) is 9.25. The number of ether oxygens (including phenoxy) is 1. The first-order valence-electron chi connectivity index (χ1n) is 6.72. The molecule has 0 aliphatic carbocycles. The van der Waals surface area contributed by atoms with Crippen molar-refractivity contribution in [2.75, 3.05) is 13.2 Å². The molecule has 1 aromatic carbocycles. The standard InChI is InChI=1S/C16H25NO/c1-4-5-12-18-13-16-8-6-15(7-9-16)10-11-17-14(2)3/h4-9,14,17H,10-13H2,1-3H3/b5-4+. The van der Waals surface area contributed by atoms with Crippen molar-refractivity contribution in [1.82, 2.24) is 5.32 Å². The van der Waals surface area contributed by atoms with E-state index in [1.807, 2.05) is 19.1 Å². The summed E-state index contributed by atoms with van der Waals surface area (Å²) in [7, 11) is 0. The summed E-state index contributed by atoms with van der Waals surface area (Å²) in [4.78, 5) is 0. The van der Waals surface area contributed by atoms with E-state index in [2.05, 4.69) is 43.4 Å². The quantitative estimate of drug-likeness (QED) is 0.562. The molecule has 0 unspecified atom stereocenters. The van der Waals surface area contributed by atoms with Crippen LogP contribution in [0.5, 0.6) is 0 Å². The summed E-state index contributed by atoms with van der Waals surface area (Å²) in [5.74, 6) is 0. The van der Waals surface area contributed by atoms with Crippen molar-refractivity contribution in [3.8, 4) is 0 Å². The monoisotopic (exact) mass is 247 g/mol. The highest BCUT2D eigenvalue weighted by Crippen LogP contribution is 2.06. The molecule has 18 heavy (non-hydrogen) atoms. The second-order valence-electron chi connectivity index (χ2n) is 4.76. The van der Waals surface area contributed by atoms with Gasteiger partial charge in [-0.3, -0.25) is 0 Å². The van der Waals surface area contributed by atoms with Crippen LogP contribution >= 0.6 is 0 Å². The smallest absolute Gasteiger partial charge is 0.0721 e. The minimum atomic E-state index is 0.560. The number of benzene rings is 1. The summed E-state index contributed by atoms with van der Waals surface area (Å²) in [6.07, 6.45) is 5.11. The molecular weight excluding hydrogens is 222 g/mol. The van der Waals surface area contributed by atoms with Gasteiger partial charge >= 0.3 is 0 Å². The van der Waals surface area contributed by atoms with E-state index in [9.17, 15) is 0 Å². The van der Waals surface area contributed by atoms with Gasteiger partial charge in [-0.1, -0.05) is 50.3 Å². The van der Waals surface area contributed by atoms with E-state index in [4.69, 9.17) is 4.74 Å². The van der Waals surface area contributed by atoms with Gasteiger partial charge in [0, 0.05) is 6.04 Å².